The molecular weight excluding hydrogens is 256 g/mol. The van der Waals surface area contributed by atoms with E-state index in [-0.39, 0.29) is 0 Å². The van der Waals surface area contributed by atoms with Gasteiger partial charge in [0.15, 0.2) is 5.82 Å². The van der Waals surface area contributed by atoms with Gasteiger partial charge >= 0.3 is 5.97 Å². The van der Waals surface area contributed by atoms with Gasteiger partial charge in [-0.2, -0.15) is 0 Å². The Morgan fingerprint density at radius 1 is 1.25 bits per heavy atom. The molecule has 6 heteroatoms. The predicted octanol–water partition coefficient (Wildman–Crippen LogP) is 2.44. The highest BCUT2D eigenvalue weighted by atomic mass is 16.4. The molecule has 0 saturated heterocycles. The van der Waals surface area contributed by atoms with E-state index in [2.05, 4.69) is 22.4 Å². The van der Waals surface area contributed by atoms with Gasteiger partial charge in [0.05, 0.1) is 12.0 Å². The van der Waals surface area contributed by atoms with Crippen LogP contribution >= 0.6 is 0 Å². The highest BCUT2D eigenvalue weighted by Gasteiger charge is 2.51. The number of rotatable bonds is 10. The topological polar surface area (TPSA) is 80.9 Å². The minimum atomic E-state index is -0.724. The normalized spacial score (nSPS) is 16.2. The van der Waals surface area contributed by atoms with Crippen molar-refractivity contribution < 1.29 is 9.90 Å². The quantitative estimate of drug-likeness (QED) is 0.666. The van der Waals surface area contributed by atoms with Gasteiger partial charge in [0, 0.05) is 6.42 Å². The maximum atomic E-state index is 11.2. The second-order valence-electron chi connectivity index (χ2n) is 5.86. The zero-order valence-corrected chi connectivity index (χ0v) is 12.2. The molecule has 112 valence electrons. The van der Waals surface area contributed by atoms with Crippen LogP contribution in [0.3, 0.4) is 0 Å². The molecule has 1 aromatic rings. The van der Waals surface area contributed by atoms with Crippen molar-refractivity contribution in [1.29, 1.82) is 0 Å². The van der Waals surface area contributed by atoms with Crippen molar-refractivity contribution in [2.45, 2.75) is 71.3 Å². The van der Waals surface area contributed by atoms with E-state index in [1.807, 2.05) is 0 Å². The fraction of sp³-hybridized carbons (Fsp3) is 0.857. The summed E-state index contributed by atoms with van der Waals surface area (Å²) in [6, 6.07) is 0. The van der Waals surface area contributed by atoms with Gasteiger partial charge in [0.2, 0.25) is 0 Å². The Morgan fingerprint density at radius 3 is 2.60 bits per heavy atom. The summed E-state index contributed by atoms with van der Waals surface area (Å²) in [4.78, 5) is 11.2. The van der Waals surface area contributed by atoms with Crippen molar-refractivity contribution in [3.63, 3.8) is 0 Å². The average Bonchev–Trinajstić information content (AvgIpc) is 3.08. The van der Waals surface area contributed by atoms with Crippen molar-refractivity contribution in [3.8, 4) is 0 Å². The molecule has 0 aromatic carbocycles. The lowest BCUT2D eigenvalue weighted by atomic mass is 10.1. The van der Waals surface area contributed by atoms with Crippen LogP contribution in [0, 0.1) is 5.41 Å². The molecule has 1 N–H and O–H groups in total. The Bertz CT molecular complexity index is 440. The maximum absolute atomic E-state index is 11.2. The van der Waals surface area contributed by atoms with Crippen molar-refractivity contribution in [1.82, 2.24) is 20.2 Å². The summed E-state index contributed by atoms with van der Waals surface area (Å²) < 4.78 is 1.69. The lowest BCUT2D eigenvalue weighted by molar-refractivity contribution is -0.144. The van der Waals surface area contributed by atoms with Crippen molar-refractivity contribution >= 4 is 5.97 Å². The first-order chi connectivity index (χ1) is 9.68. The number of nitrogens with zero attached hydrogens (tertiary/aromatic N) is 4. The SMILES string of the molecule is CCCCCCCCc1nnnn1CC1(C(=O)O)CC1. The molecule has 1 heterocycles. The number of aryl methyl sites for hydroxylation is 1. The summed E-state index contributed by atoms with van der Waals surface area (Å²) in [6.07, 6.45) is 9.69. The third kappa shape index (κ3) is 3.77. The summed E-state index contributed by atoms with van der Waals surface area (Å²) in [6.45, 7) is 2.63. The molecule has 1 fully saturated rings. The standard InChI is InChI=1S/C14H24N4O2/c1-2-3-4-5-6-7-8-12-15-16-17-18(12)11-14(9-10-14)13(19)20/h2-11H2,1H3,(H,19,20). The van der Waals surface area contributed by atoms with Crippen LogP contribution in [0.2, 0.25) is 0 Å². The van der Waals surface area contributed by atoms with Crippen LogP contribution in [0.25, 0.3) is 0 Å². The molecule has 1 aliphatic rings. The zero-order chi connectivity index (χ0) is 14.4. The van der Waals surface area contributed by atoms with Crippen LogP contribution in [0.15, 0.2) is 0 Å². The Labute approximate surface area is 119 Å². The van der Waals surface area contributed by atoms with Gasteiger partial charge in [-0.05, 0) is 29.7 Å². The maximum Gasteiger partial charge on any atom is 0.311 e. The molecule has 6 nitrogen and oxygen atoms in total. The molecule has 0 bridgehead atoms. The van der Waals surface area contributed by atoms with Gasteiger partial charge in [-0.3, -0.25) is 4.79 Å². The van der Waals surface area contributed by atoms with E-state index in [0.29, 0.717) is 6.54 Å². The molecule has 1 aromatic heterocycles. The number of hydrogen-bond acceptors (Lipinski definition) is 4. The molecule has 1 aliphatic carbocycles. The molecule has 0 atom stereocenters. The molecule has 0 unspecified atom stereocenters. The smallest absolute Gasteiger partial charge is 0.311 e. The summed E-state index contributed by atoms with van der Waals surface area (Å²) in [7, 11) is 0. The lowest BCUT2D eigenvalue weighted by Crippen LogP contribution is -2.23. The number of carbonyl (C=O) groups is 1. The monoisotopic (exact) mass is 280 g/mol. The van der Waals surface area contributed by atoms with E-state index in [0.717, 1.165) is 31.5 Å². The molecular formula is C14H24N4O2. The lowest BCUT2D eigenvalue weighted by Gasteiger charge is -2.10. The van der Waals surface area contributed by atoms with E-state index < -0.39 is 11.4 Å². The molecule has 1 saturated carbocycles. The van der Waals surface area contributed by atoms with E-state index in [1.54, 1.807) is 4.68 Å². The molecule has 0 spiro atoms. The van der Waals surface area contributed by atoms with E-state index in [1.165, 1.54) is 32.1 Å². The largest absolute Gasteiger partial charge is 0.481 e. The fourth-order valence-corrected chi connectivity index (χ4v) is 2.47. The van der Waals surface area contributed by atoms with Crippen LogP contribution in [0.1, 0.15) is 64.1 Å². The van der Waals surface area contributed by atoms with Gasteiger partial charge in [-0.1, -0.05) is 39.0 Å². The number of hydrogen-bond donors (Lipinski definition) is 1. The van der Waals surface area contributed by atoms with Crippen LogP contribution in [0.5, 0.6) is 0 Å². The van der Waals surface area contributed by atoms with Crippen LogP contribution in [-0.2, 0) is 17.8 Å². The highest BCUT2D eigenvalue weighted by molar-refractivity contribution is 5.77. The number of aliphatic carboxylic acids is 1. The first-order valence-electron chi connectivity index (χ1n) is 7.66. The third-order valence-electron chi connectivity index (χ3n) is 4.12. The van der Waals surface area contributed by atoms with Gasteiger partial charge in [-0.25, -0.2) is 4.68 Å². The van der Waals surface area contributed by atoms with Crippen molar-refractivity contribution in [2.24, 2.45) is 5.41 Å². The summed E-state index contributed by atoms with van der Waals surface area (Å²) in [5.74, 6) is 0.103. The first kappa shape index (κ1) is 14.9. The molecule has 0 amide bonds. The summed E-state index contributed by atoms with van der Waals surface area (Å²) in [5.41, 5.74) is -0.606. The second-order valence-corrected chi connectivity index (χ2v) is 5.86. The van der Waals surface area contributed by atoms with Gasteiger partial charge in [-0.15, -0.1) is 5.10 Å². The first-order valence-corrected chi connectivity index (χ1v) is 7.66. The van der Waals surface area contributed by atoms with Crippen LogP contribution in [-0.4, -0.2) is 31.3 Å². The van der Waals surface area contributed by atoms with E-state index in [9.17, 15) is 9.90 Å². The molecule has 2 rings (SSSR count). The number of tetrazole rings is 1. The Morgan fingerprint density at radius 2 is 1.95 bits per heavy atom. The number of aromatic nitrogens is 4. The molecule has 0 radical (unpaired) electrons. The number of carboxylic acids is 1. The molecule has 20 heavy (non-hydrogen) atoms. The van der Waals surface area contributed by atoms with E-state index >= 15 is 0 Å². The Balaban J connectivity index is 1.76. The van der Waals surface area contributed by atoms with Gasteiger partial charge in [0.25, 0.3) is 0 Å². The third-order valence-corrected chi connectivity index (χ3v) is 4.12. The predicted molar refractivity (Wildman–Crippen MR) is 74.2 cm³/mol. The Kier molecular flexibility index (Phi) is 5.09. The van der Waals surface area contributed by atoms with Crippen LogP contribution < -0.4 is 0 Å². The highest BCUT2D eigenvalue weighted by Crippen LogP contribution is 2.47. The van der Waals surface area contributed by atoms with Gasteiger partial charge < -0.3 is 5.11 Å². The minimum absolute atomic E-state index is 0.417. The van der Waals surface area contributed by atoms with Crippen LogP contribution in [0.4, 0.5) is 0 Å². The zero-order valence-electron chi connectivity index (χ0n) is 12.2. The minimum Gasteiger partial charge on any atom is -0.481 e. The number of unbranched alkanes of at least 4 members (excludes halogenated alkanes) is 5. The van der Waals surface area contributed by atoms with Gasteiger partial charge in [0.1, 0.15) is 0 Å². The fourth-order valence-electron chi connectivity index (χ4n) is 2.47. The summed E-state index contributed by atoms with van der Waals surface area (Å²) in [5, 5.41) is 20.9. The summed E-state index contributed by atoms with van der Waals surface area (Å²) >= 11 is 0. The average molecular weight is 280 g/mol. The number of carboxylic acid groups (broad SMARTS) is 1. The van der Waals surface area contributed by atoms with Crippen molar-refractivity contribution in [2.75, 3.05) is 0 Å². The Hall–Kier alpha value is -1.46. The van der Waals surface area contributed by atoms with Crippen molar-refractivity contribution in [3.05, 3.63) is 5.82 Å². The molecule has 0 aliphatic heterocycles. The second kappa shape index (κ2) is 6.81. The van der Waals surface area contributed by atoms with E-state index in [4.69, 9.17) is 0 Å².